The van der Waals surface area contributed by atoms with Gasteiger partial charge in [-0.3, -0.25) is 0 Å². The van der Waals surface area contributed by atoms with Crippen LogP contribution in [0.3, 0.4) is 0 Å². The molecule has 0 amide bonds. The highest BCUT2D eigenvalue weighted by Gasteiger charge is 2.10. The Morgan fingerprint density at radius 3 is 2.31 bits per heavy atom. The van der Waals surface area contributed by atoms with Gasteiger partial charge in [0.05, 0.1) is 0 Å². The molecule has 13 heavy (non-hydrogen) atoms. The van der Waals surface area contributed by atoms with Crippen LogP contribution in [0, 0.1) is 5.92 Å². The van der Waals surface area contributed by atoms with Crippen molar-refractivity contribution in [1.29, 1.82) is 0 Å². The van der Waals surface area contributed by atoms with E-state index in [9.17, 15) is 4.39 Å². The van der Waals surface area contributed by atoms with Crippen LogP contribution in [-0.4, -0.2) is 44.8 Å². The van der Waals surface area contributed by atoms with Gasteiger partial charge in [-0.05, 0) is 26.4 Å². The van der Waals surface area contributed by atoms with Crippen molar-refractivity contribution in [3.63, 3.8) is 0 Å². The zero-order valence-electron chi connectivity index (χ0n) is 9.31. The maximum Gasteiger partial charge on any atom is 0.102 e. The zero-order valence-corrected chi connectivity index (χ0v) is 9.31. The van der Waals surface area contributed by atoms with Crippen molar-refractivity contribution in [3.05, 3.63) is 0 Å². The number of hydrogen-bond acceptors (Lipinski definition) is 2. The highest BCUT2D eigenvalue weighted by atomic mass is 19.1. The van der Waals surface area contributed by atoms with Crippen LogP contribution < -0.4 is 5.32 Å². The number of halogens is 1. The smallest absolute Gasteiger partial charge is 0.102 e. The Kier molecular flexibility index (Phi) is 7.19. The van der Waals surface area contributed by atoms with Gasteiger partial charge < -0.3 is 10.2 Å². The fraction of sp³-hybridized carbons (Fsp3) is 1.00. The van der Waals surface area contributed by atoms with Crippen molar-refractivity contribution >= 4 is 0 Å². The Morgan fingerprint density at radius 1 is 1.31 bits per heavy atom. The second kappa shape index (κ2) is 7.27. The summed E-state index contributed by atoms with van der Waals surface area (Å²) in [5.41, 5.74) is 0. The lowest BCUT2D eigenvalue weighted by molar-refractivity contribution is 0.298. The van der Waals surface area contributed by atoms with Crippen molar-refractivity contribution in [2.24, 2.45) is 5.92 Å². The zero-order chi connectivity index (χ0) is 10.3. The predicted molar refractivity (Wildman–Crippen MR) is 55.8 cm³/mol. The van der Waals surface area contributed by atoms with Crippen LogP contribution in [-0.2, 0) is 0 Å². The van der Waals surface area contributed by atoms with Crippen molar-refractivity contribution in [1.82, 2.24) is 10.2 Å². The first kappa shape index (κ1) is 12.8. The average Bonchev–Trinajstić information content (AvgIpc) is 1.98. The van der Waals surface area contributed by atoms with Gasteiger partial charge in [-0.1, -0.05) is 13.8 Å². The van der Waals surface area contributed by atoms with Gasteiger partial charge in [-0.15, -0.1) is 0 Å². The van der Waals surface area contributed by atoms with Gasteiger partial charge in [-0.25, -0.2) is 4.39 Å². The van der Waals surface area contributed by atoms with Crippen molar-refractivity contribution in [2.45, 2.75) is 26.3 Å². The van der Waals surface area contributed by atoms with Gasteiger partial charge in [0.2, 0.25) is 0 Å². The van der Waals surface area contributed by atoms with Crippen molar-refractivity contribution in [2.75, 3.05) is 33.9 Å². The molecule has 0 rings (SSSR count). The van der Waals surface area contributed by atoms with Crippen LogP contribution in [0.5, 0.6) is 0 Å². The van der Waals surface area contributed by atoms with Gasteiger partial charge in [0.1, 0.15) is 6.67 Å². The molecule has 80 valence electrons. The third kappa shape index (κ3) is 8.19. The molecule has 0 radical (unpaired) electrons. The van der Waals surface area contributed by atoms with E-state index in [2.05, 4.69) is 24.1 Å². The Hall–Kier alpha value is -0.150. The number of nitrogens with zero attached hydrogens (tertiary/aromatic N) is 1. The fourth-order valence-electron chi connectivity index (χ4n) is 1.49. The average molecular weight is 190 g/mol. The molecule has 0 aliphatic carbocycles. The fourth-order valence-corrected chi connectivity index (χ4v) is 1.49. The first-order valence-corrected chi connectivity index (χ1v) is 5.00. The number of alkyl halides is 1. The summed E-state index contributed by atoms with van der Waals surface area (Å²) in [6.45, 7) is 5.57. The minimum atomic E-state index is -0.276. The number of rotatable bonds is 7. The van der Waals surface area contributed by atoms with Crippen molar-refractivity contribution < 1.29 is 4.39 Å². The highest BCUT2D eigenvalue weighted by Crippen LogP contribution is 2.05. The van der Waals surface area contributed by atoms with E-state index in [0.717, 1.165) is 13.0 Å². The van der Waals surface area contributed by atoms with Gasteiger partial charge in [0, 0.05) is 19.1 Å². The van der Waals surface area contributed by atoms with E-state index in [4.69, 9.17) is 0 Å². The van der Waals surface area contributed by atoms with E-state index < -0.39 is 0 Å². The largest absolute Gasteiger partial charge is 0.310 e. The Bertz CT molecular complexity index is 105. The van der Waals surface area contributed by atoms with E-state index in [1.165, 1.54) is 0 Å². The summed E-state index contributed by atoms with van der Waals surface area (Å²) >= 11 is 0. The summed E-state index contributed by atoms with van der Waals surface area (Å²) in [5.74, 6) is 0.664. The molecule has 0 aromatic carbocycles. The Balaban J connectivity index is 3.73. The van der Waals surface area contributed by atoms with Crippen LogP contribution >= 0.6 is 0 Å². The van der Waals surface area contributed by atoms with E-state index >= 15 is 0 Å². The molecule has 1 unspecified atom stereocenters. The lowest BCUT2D eigenvalue weighted by atomic mass is 10.0. The molecule has 0 saturated heterocycles. The molecule has 3 heteroatoms. The molecule has 2 nitrogen and oxygen atoms in total. The summed E-state index contributed by atoms with van der Waals surface area (Å²) in [5, 5.41) is 3.22. The van der Waals surface area contributed by atoms with Crippen LogP contribution in [0.2, 0.25) is 0 Å². The highest BCUT2D eigenvalue weighted by molar-refractivity contribution is 4.70. The molecule has 0 aromatic heterocycles. The summed E-state index contributed by atoms with van der Waals surface area (Å²) in [7, 11) is 4.09. The molecule has 0 fully saturated rings. The third-order valence-corrected chi connectivity index (χ3v) is 1.87. The second-order valence-corrected chi connectivity index (χ2v) is 4.23. The predicted octanol–water partition coefficient (Wildman–Crippen LogP) is 1.52. The number of nitrogens with one attached hydrogen (secondary N) is 1. The molecular formula is C10H23FN2. The molecule has 0 saturated carbocycles. The molecule has 0 bridgehead atoms. The lowest BCUT2D eigenvalue weighted by Gasteiger charge is -2.23. The maximum absolute atomic E-state index is 12.0. The van der Waals surface area contributed by atoms with Gasteiger partial charge in [-0.2, -0.15) is 0 Å². The normalized spacial score (nSPS) is 14.1. The van der Waals surface area contributed by atoms with E-state index in [-0.39, 0.29) is 6.67 Å². The molecule has 0 aliphatic rings. The van der Waals surface area contributed by atoms with Crippen LogP contribution in [0.1, 0.15) is 20.3 Å². The standard InChI is InChI=1S/C10H23FN2/c1-9(2)7-10(8-13(3)4)12-6-5-11/h9-10,12H,5-8H2,1-4H3. The molecule has 0 aromatic rings. The summed E-state index contributed by atoms with van der Waals surface area (Å²) < 4.78 is 12.0. The van der Waals surface area contributed by atoms with Crippen LogP contribution in [0.15, 0.2) is 0 Å². The summed E-state index contributed by atoms with van der Waals surface area (Å²) in [6.07, 6.45) is 1.11. The van der Waals surface area contributed by atoms with E-state index in [0.29, 0.717) is 18.5 Å². The molecular weight excluding hydrogens is 167 g/mol. The van der Waals surface area contributed by atoms with Crippen molar-refractivity contribution in [3.8, 4) is 0 Å². The lowest BCUT2D eigenvalue weighted by Crippen LogP contribution is -2.40. The maximum atomic E-state index is 12.0. The quantitative estimate of drug-likeness (QED) is 0.655. The topological polar surface area (TPSA) is 15.3 Å². The van der Waals surface area contributed by atoms with Gasteiger partial charge in [0.25, 0.3) is 0 Å². The van der Waals surface area contributed by atoms with Gasteiger partial charge >= 0.3 is 0 Å². The molecule has 0 spiro atoms. The Morgan fingerprint density at radius 2 is 1.92 bits per heavy atom. The second-order valence-electron chi connectivity index (χ2n) is 4.23. The monoisotopic (exact) mass is 190 g/mol. The van der Waals surface area contributed by atoms with E-state index in [1.807, 2.05) is 14.1 Å². The van der Waals surface area contributed by atoms with Crippen LogP contribution in [0.4, 0.5) is 4.39 Å². The first-order valence-electron chi connectivity index (χ1n) is 5.00. The third-order valence-electron chi connectivity index (χ3n) is 1.87. The summed E-state index contributed by atoms with van der Waals surface area (Å²) in [6, 6.07) is 0.422. The minimum Gasteiger partial charge on any atom is -0.310 e. The number of hydrogen-bond donors (Lipinski definition) is 1. The Labute approximate surface area is 81.5 Å². The SMILES string of the molecule is CC(C)CC(CN(C)C)NCCF. The molecule has 0 aliphatic heterocycles. The molecule has 1 atom stereocenters. The molecule has 0 heterocycles. The van der Waals surface area contributed by atoms with E-state index in [1.54, 1.807) is 0 Å². The number of likely N-dealkylation sites (N-methyl/N-ethyl adjacent to an activating group) is 1. The van der Waals surface area contributed by atoms with Crippen LogP contribution in [0.25, 0.3) is 0 Å². The minimum absolute atomic E-state index is 0.276. The van der Waals surface area contributed by atoms with Gasteiger partial charge in [0.15, 0.2) is 0 Å². The summed E-state index contributed by atoms with van der Waals surface area (Å²) in [4.78, 5) is 2.14. The molecule has 1 N–H and O–H groups in total. The first-order chi connectivity index (χ1) is 6.06.